The lowest BCUT2D eigenvalue weighted by atomic mass is 9.79. The number of allylic oxidation sites excluding steroid dienone is 1. The highest BCUT2D eigenvalue weighted by molar-refractivity contribution is 6.55. The van der Waals surface area contributed by atoms with E-state index in [1.807, 2.05) is 82.3 Å². The molecule has 0 bridgehead atoms. The van der Waals surface area contributed by atoms with Crippen LogP contribution < -0.4 is 10.1 Å². The van der Waals surface area contributed by atoms with Gasteiger partial charge in [0.2, 0.25) is 6.10 Å². The molecule has 290 valence electrons. The monoisotopic (exact) mass is 788 g/mol. The summed E-state index contributed by atoms with van der Waals surface area (Å²) in [5, 5.41) is 12.6. The Morgan fingerprint density at radius 3 is 2.33 bits per heavy atom. The number of nitrogens with one attached hydrogen (secondary N) is 1. The molecule has 1 N–H and O–H groups in total. The summed E-state index contributed by atoms with van der Waals surface area (Å²) in [7, 11) is 1.70. The first-order chi connectivity index (χ1) is 26.2. The van der Waals surface area contributed by atoms with Crippen molar-refractivity contribution in [2.24, 2.45) is 17.3 Å². The van der Waals surface area contributed by atoms with Crippen molar-refractivity contribution in [3.05, 3.63) is 111 Å². The highest BCUT2D eigenvalue weighted by Crippen LogP contribution is 2.60. The summed E-state index contributed by atoms with van der Waals surface area (Å²) in [6.07, 6.45) is 2.87. The second-order valence-electron chi connectivity index (χ2n) is 14.5. The zero-order chi connectivity index (χ0) is 39.9. The van der Waals surface area contributed by atoms with Gasteiger partial charge in [-0.15, -0.1) is 0 Å². The van der Waals surface area contributed by atoms with Gasteiger partial charge in [-0.1, -0.05) is 91.1 Å². The van der Waals surface area contributed by atoms with Gasteiger partial charge in [0.1, 0.15) is 27.8 Å². The number of hydrogen-bond acceptors (Lipinski definition) is 9. The van der Waals surface area contributed by atoms with Crippen LogP contribution in [0.15, 0.2) is 89.1 Å². The van der Waals surface area contributed by atoms with E-state index in [0.717, 1.165) is 29.5 Å². The molecule has 3 atom stereocenters. The fraction of sp³-hybridized carbons (Fsp3) is 0.395. The summed E-state index contributed by atoms with van der Waals surface area (Å²) >= 11 is 11.5. The van der Waals surface area contributed by atoms with Gasteiger partial charge >= 0.3 is 12.1 Å². The molecule has 3 aromatic carbocycles. The number of ether oxygens (including phenoxy) is 5. The van der Waals surface area contributed by atoms with Crippen molar-refractivity contribution < 1.29 is 38.1 Å². The number of methoxy groups -OCH3 is 1. The average molecular weight is 790 g/mol. The Morgan fingerprint density at radius 1 is 1.00 bits per heavy atom. The van der Waals surface area contributed by atoms with E-state index in [4.69, 9.17) is 46.9 Å². The maximum absolute atomic E-state index is 13.0. The Kier molecular flexibility index (Phi) is 13.3. The van der Waals surface area contributed by atoms with Crippen LogP contribution >= 0.6 is 23.2 Å². The molecule has 2 saturated carbocycles. The SMILES string of the molecule is CC1(C)C(C=C(Cl)Cl)C1C(=O)O[C@H](C#N)c1cccc(Oc2ccccc2)c1.CCOC(=O)OC1=C(c2cc(C)ccc2C)C(=O)NC12CCC(OC)CC2. The number of esters is 1. The minimum atomic E-state index is -1.03. The van der Waals surface area contributed by atoms with Crippen LogP contribution in [0, 0.1) is 42.4 Å². The van der Waals surface area contributed by atoms with Gasteiger partial charge < -0.3 is 29.0 Å². The Labute approximate surface area is 332 Å². The number of benzene rings is 3. The van der Waals surface area contributed by atoms with Crippen molar-refractivity contribution >= 4 is 46.8 Å². The van der Waals surface area contributed by atoms with E-state index in [9.17, 15) is 19.6 Å². The number of carbonyl (C=O) groups is 3. The molecule has 3 aromatic rings. The van der Waals surface area contributed by atoms with E-state index in [-0.39, 0.29) is 40.4 Å². The first-order valence-corrected chi connectivity index (χ1v) is 19.0. The molecule has 1 amide bonds. The molecule has 0 radical (unpaired) electrons. The number of halogens is 2. The quantitative estimate of drug-likeness (QED) is 0.199. The Hall–Kier alpha value is -4.82. The molecular weight excluding hydrogens is 743 g/mol. The molecule has 12 heteroatoms. The van der Waals surface area contributed by atoms with Crippen molar-refractivity contribution in [3.8, 4) is 17.6 Å². The number of nitrogens with zero attached hydrogens (tertiary/aromatic N) is 1. The summed E-state index contributed by atoms with van der Waals surface area (Å²) < 4.78 is 27.5. The predicted octanol–water partition coefficient (Wildman–Crippen LogP) is 9.82. The standard InChI is InChI=1S/C22H19Cl2NO3.C21H27NO5/c1-22(2)17(12-19(23)24)20(22)21(26)28-18(13-25)14-7-6-10-16(11-14)27-15-8-4-3-5-9-15;1-5-26-20(24)27-18-17(16-12-13(2)6-7-14(16)3)19(23)22-21(18)10-8-15(25-4)9-11-21/h3-12,17-18,20H,1-2H3;6-7,12,15H,5,8-11H2,1-4H3,(H,22,23)/t17?,18-,20?;/m1./s1. The largest absolute Gasteiger partial charge is 0.513 e. The Balaban J connectivity index is 0.000000211. The molecule has 1 spiro atoms. The average Bonchev–Trinajstić information content (AvgIpc) is 3.59. The highest BCUT2D eigenvalue weighted by atomic mass is 35.5. The van der Waals surface area contributed by atoms with Crippen LogP contribution in [-0.4, -0.2) is 43.4 Å². The molecule has 10 nitrogen and oxygen atoms in total. The van der Waals surface area contributed by atoms with E-state index < -0.39 is 23.8 Å². The minimum absolute atomic E-state index is 0.114. The molecule has 1 heterocycles. The first-order valence-electron chi connectivity index (χ1n) is 18.2. The van der Waals surface area contributed by atoms with E-state index in [1.54, 1.807) is 44.4 Å². The van der Waals surface area contributed by atoms with E-state index in [0.29, 0.717) is 41.2 Å². The Morgan fingerprint density at radius 2 is 1.69 bits per heavy atom. The fourth-order valence-corrected chi connectivity index (χ4v) is 7.55. The zero-order valence-corrected chi connectivity index (χ0v) is 33.3. The van der Waals surface area contributed by atoms with Crippen LogP contribution in [0.25, 0.3) is 5.57 Å². The summed E-state index contributed by atoms with van der Waals surface area (Å²) in [6.45, 7) is 9.73. The fourth-order valence-electron chi connectivity index (χ4n) is 7.28. The smallest absolute Gasteiger partial charge is 0.457 e. The second-order valence-corrected chi connectivity index (χ2v) is 15.5. The molecule has 3 aliphatic rings. The number of hydrogen-bond donors (Lipinski definition) is 1. The summed E-state index contributed by atoms with van der Waals surface area (Å²) in [4.78, 5) is 37.7. The molecule has 6 rings (SSSR count). The zero-order valence-electron chi connectivity index (χ0n) is 31.8. The molecule has 1 aliphatic heterocycles. The lowest BCUT2D eigenvalue weighted by Gasteiger charge is -2.37. The van der Waals surface area contributed by atoms with Crippen molar-refractivity contribution in [3.63, 3.8) is 0 Å². The van der Waals surface area contributed by atoms with Gasteiger partial charge in [-0.2, -0.15) is 5.26 Å². The van der Waals surface area contributed by atoms with Gasteiger partial charge in [-0.05, 0) is 99.3 Å². The van der Waals surface area contributed by atoms with Crippen molar-refractivity contribution in [1.82, 2.24) is 5.32 Å². The van der Waals surface area contributed by atoms with Gasteiger partial charge in [-0.25, -0.2) is 4.79 Å². The van der Waals surface area contributed by atoms with Gasteiger partial charge in [-0.3, -0.25) is 9.59 Å². The van der Waals surface area contributed by atoms with Crippen LogP contribution in [0.4, 0.5) is 4.79 Å². The third-order valence-corrected chi connectivity index (χ3v) is 10.7. The number of carbonyl (C=O) groups excluding carboxylic acids is 3. The third kappa shape index (κ3) is 9.71. The van der Waals surface area contributed by atoms with E-state index in [2.05, 4.69) is 5.32 Å². The number of para-hydroxylation sites is 1. The molecule has 0 aromatic heterocycles. The van der Waals surface area contributed by atoms with Gasteiger partial charge in [0.25, 0.3) is 5.91 Å². The maximum atomic E-state index is 13.0. The minimum Gasteiger partial charge on any atom is -0.457 e. The summed E-state index contributed by atoms with van der Waals surface area (Å²) in [5.41, 5.74) is 2.76. The van der Waals surface area contributed by atoms with Crippen LogP contribution in [-0.2, 0) is 28.5 Å². The molecule has 55 heavy (non-hydrogen) atoms. The first kappa shape index (κ1) is 41.3. The molecule has 0 saturated heterocycles. The number of nitriles is 1. The lowest BCUT2D eigenvalue weighted by Crippen LogP contribution is -2.49. The molecule has 2 unspecified atom stereocenters. The molecule has 2 aliphatic carbocycles. The number of amides is 1. The topological polar surface area (TPSA) is 133 Å². The lowest BCUT2D eigenvalue weighted by molar-refractivity contribution is -0.149. The summed E-state index contributed by atoms with van der Waals surface area (Å²) in [6, 6.07) is 24.2. The predicted molar refractivity (Wildman–Crippen MR) is 209 cm³/mol. The van der Waals surface area contributed by atoms with Crippen molar-refractivity contribution in [2.75, 3.05) is 13.7 Å². The highest BCUT2D eigenvalue weighted by Gasteiger charge is 2.62. The molecule has 2 fully saturated rings. The Bertz CT molecular complexity index is 1990. The number of aryl methyl sites for hydroxylation is 2. The van der Waals surface area contributed by atoms with E-state index >= 15 is 0 Å². The molecular formula is C43H46Cl2N2O8. The van der Waals surface area contributed by atoms with E-state index in [1.165, 1.54) is 0 Å². The van der Waals surface area contributed by atoms with Crippen molar-refractivity contribution in [1.29, 1.82) is 5.26 Å². The second kappa shape index (κ2) is 17.8. The van der Waals surface area contributed by atoms with Crippen LogP contribution in [0.3, 0.4) is 0 Å². The van der Waals surface area contributed by atoms with Crippen LogP contribution in [0.2, 0.25) is 0 Å². The third-order valence-electron chi connectivity index (χ3n) is 10.4. The van der Waals surface area contributed by atoms with Crippen LogP contribution in [0.1, 0.15) is 74.8 Å². The van der Waals surface area contributed by atoms with Gasteiger partial charge in [0.05, 0.1) is 29.7 Å². The van der Waals surface area contributed by atoms with Crippen molar-refractivity contribution in [2.45, 2.75) is 78.0 Å². The van der Waals surface area contributed by atoms with Gasteiger partial charge in [0, 0.05) is 12.7 Å². The summed E-state index contributed by atoms with van der Waals surface area (Å²) in [5.74, 6) is 0.463. The van der Waals surface area contributed by atoms with Crippen LogP contribution in [0.5, 0.6) is 11.5 Å². The maximum Gasteiger partial charge on any atom is 0.513 e. The van der Waals surface area contributed by atoms with Gasteiger partial charge in [0.15, 0.2) is 0 Å². The normalized spacial score (nSPS) is 19.9. The number of rotatable bonds is 10.